The van der Waals surface area contributed by atoms with Gasteiger partial charge in [-0.05, 0) is 43.4 Å². The molecule has 1 fully saturated rings. The van der Waals surface area contributed by atoms with Crippen molar-refractivity contribution in [3.63, 3.8) is 0 Å². The number of hydrogen-bond acceptors (Lipinski definition) is 3. The van der Waals surface area contributed by atoms with Gasteiger partial charge in [0.1, 0.15) is 0 Å². The third kappa shape index (κ3) is 3.50. The average Bonchev–Trinajstić information content (AvgIpc) is 3.17. The molecule has 1 aliphatic carbocycles. The van der Waals surface area contributed by atoms with Crippen molar-refractivity contribution in [1.82, 2.24) is 20.3 Å². The number of nitrogens with zero attached hydrogens (tertiary/aromatic N) is 3. The van der Waals surface area contributed by atoms with Crippen molar-refractivity contribution in [1.29, 1.82) is 0 Å². The van der Waals surface area contributed by atoms with Crippen LogP contribution in [0.1, 0.15) is 34.6 Å². The van der Waals surface area contributed by atoms with E-state index in [0.29, 0.717) is 23.9 Å². The smallest absolute Gasteiger partial charge is 0.276 e. The number of aryl methyl sites for hydroxylation is 1. The zero-order chi connectivity index (χ0) is 14.8. The maximum Gasteiger partial charge on any atom is 0.276 e. The average molecular weight is 349 g/mol. The van der Waals surface area contributed by atoms with Gasteiger partial charge in [0.2, 0.25) is 0 Å². The van der Waals surface area contributed by atoms with E-state index in [0.717, 1.165) is 16.6 Å². The number of hydrogen-bond donors (Lipinski definition) is 1. The van der Waals surface area contributed by atoms with Gasteiger partial charge in [0.25, 0.3) is 5.91 Å². The Labute approximate surface area is 131 Å². The summed E-state index contributed by atoms with van der Waals surface area (Å²) in [6, 6.07) is 8.05. The summed E-state index contributed by atoms with van der Waals surface area (Å²) in [4.78, 5) is 14.6. The van der Waals surface area contributed by atoms with Crippen molar-refractivity contribution >= 4 is 21.8 Å². The predicted octanol–water partition coefficient (Wildman–Crippen LogP) is 2.93. The van der Waals surface area contributed by atoms with E-state index in [4.69, 9.17) is 0 Å². The summed E-state index contributed by atoms with van der Waals surface area (Å²) in [5, 5.41) is 10.5. The highest BCUT2D eigenvalue weighted by atomic mass is 79.9. The minimum atomic E-state index is -0.0480. The number of aromatic amines is 1. The third-order valence-corrected chi connectivity index (χ3v) is 4.14. The van der Waals surface area contributed by atoms with Crippen molar-refractivity contribution in [2.75, 3.05) is 6.54 Å². The second-order valence-electron chi connectivity index (χ2n) is 5.52. The second-order valence-corrected chi connectivity index (χ2v) is 6.43. The number of amides is 1. The molecule has 1 amide bonds. The molecule has 0 unspecified atom stereocenters. The highest BCUT2D eigenvalue weighted by molar-refractivity contribution is 9.10. The first-order valence-corrected chi connectivity index (χ1v) is 7.84. The Balaban J connectivity index is 1.80. The molecule has 21 heavy (non-hydrogen) atoms. The fraction of sp³-hybridized carbons (Fsp3) is 0.400. The Hall–Kier alpha value is -1.69. The monoisotopic (exact) mass is 348 g/mol. The summed E-state index contributed by atoms with van der Waals surface area (Å²) in [5.74, 6) is 0.585. The van der Waals surface area contributed by atoms with Crippen LogP contribution in [0.15, 0.2) is 28.7 Å². The molecule has 1 aromatic heterocycles. The second kappa shape index (κ2) is 5.97. The third-order valence-electron chi connectivity index (χ3n) is 3.65. The van der Waals surface area contributed by atoms with Crippen molar-refractivity contribution in [3.8, 4) is 0 Å². The summed E-state index contributed by atoms with van der Waals surface area (Å²) < 4.78 is 1.02. The van der Waals surface area contributed by atoms with E-state index in [2.05, 4.69) is 31.3 Å². The lowest BCUT2D eigenvalue weighted by Crippen LogP contribution is -2.33. The van der Waals surface area contributed by atoms with E-state index in [1.807, 2.05) is 29.2 Å². The van der Waals surface area contributed by atoms with Gasteiger partial charge in [0, 0.05) is 17.6 Å². The normalized spacial score (nSPS) is 14.2. The molecule has 3 rings (SSSR count). The van der Waals surface area contributed by atoms with E-state index in [9.17, 15) is 4.79 Å². The van der Waals surface area contributed by atoms with Gasteiger partial charge < -0.3 is 4.90 Å². The number of carbonyl (C=O) groups excluding carboxylic acids is 1. The summed E-state index contributed by atoms with van der Waals surface area (Å²) in [6.07, 6.45) is 2.42. The number of benzene rings is 1. The summed E-state index contributed by atoms with van der Waals surface area (Å²) in [5.41, 5.74) is 2.18. The van der Waals surface area contributed by atoms with Gasteiger partial charge in [-0.3, -0.25) is 4.79 Å². The number of rotatable bonds is 5. The zero-order valence-electron chi connectivity index (χ0n) is 11.8. The summed E-state index contributed by atoms with van der Waals surface area (Å²) in [7, 11) is 0. The standard InChI is InChI=1S/C15H17BrN4O/c1-10-14(18-19-17-10)15(21)20(8-11-5-6-11)9-12-3-2-4-13(16)7-12/h2-4,7,11H,5-6,8-9H2,1H3,(H,17,18,19). The van der Waals surface area contributed by atoms with Gasteiger partial charge in [0.15, 0.2) is 5.69 Å². The van der Waals surface area contributed by atoms with E-state index < -0.39 is 0 Å². The van der Waals surface area contributed by atoms with Crippen LogP contribution in [0.5, 0.6) is 0 Å². The Kier molecular flexibility index (Phi) is 4.05. The molecule has 2 aromatic rings. The molecule has 1 aromatic carbocycles. The fourth-order valence-corrected chi connectivity index (χ4v) is 2.77. The minimum Gasteiger partial charge on any atom is -0.333 e. The number of halogens is 1. The highest BCUT2D eigenvalue weighted by Crippen LogP contribution is 2.30. The molecule has 0 saturated heterocycles. The first-order valence-electron chi connectivity index (χ1n) is 7.04. The van der Waals surface area contributed by atoms with E-state index in [1.54, 1.807) is 6.92 Å². The number of aromatic nitrogens is 3. The van der Waals surface area contributed by atoms with Crippen LogP contribution in [0.25, 0.3) is 0 Å². The number of nitrogens with one attached hydrogen (secondary N) is 1. The van der Waals surface area contributed by atoms with Gasteiger partial charge in [0.05, 0.1) is 5.69 Å². The van der Waals surface area contributed by atoms with Crippen LogP contribution >= 0.6 is 15.9 Å². The van der Waals surface area contributed by atoms with E-state index in [1.165, 1.54) is 12.8 Å². The van der Waals surface area contributed by atoms with E-state index >= 15 is 0 Å². The largest absolute Gasteiger partial charge is 0.333 e. The van der Waals surface area contributed by atoms with E-state index in [-0.39, 0.29) is 5.91 Å². The van der Waals surface area contributed by atoms with Crippen molar-refractivity contribution < 1.29 is 4.79 Å². The molecule has 0 radical (unpaired) electrons. The Morgan fingerprint density at radius 3 is 2.86 bits per heavy atom. The van der Waals surface area contributed by atoms with Crippen LogP contribution in [0.4, 0.5) is 0 Å². The molecule has 0 bridgehead atoms. The molecule has 1 saturated carbocycles. The lowest BCUT2D eigenvalue weighted by molar-refractivity contribution is 0.0728. The van der Waals surface area contributed by atoms with Crippen molar-refractivity contribution in [2.24, 2.45) is 5.92 Å². The zero-order valence-corrected chi connectivity index (χ0v) is 13.4. The van der Waals surface area contributed by atoms with Crippen LogP contribution < -0.4 is 0 Å². The van der Waals surface area contributed by atoms with Crippen LogP contribution in [0.3, 0.4) is 0 Å². The predicted molar refractivity (Wildman–Crippen MR) is 82.7 cm³/mol. The highest BCUT2D eigenvalue weighted by Gasteiger charge is 2.29. The Morgan fingerprint density at radius 1 is 1.43 bits per heavy atom. The van der Waals surface area contributed by atoms with Gasteiger partial charge in [-0.2, -0.15) is 15.4 Å². The van der Waals surface area contributed by atoms with Gasteiger partial charge >= 0.3 is 0 Å². The molecule has 0 spiro atoms. The molecule has 110 valence electrons. The Morgan fingerprint density at radius 2 is 2.24 bits per heavy atom. The molecule has 0 aliphatic heterocycles. The van der Waals surface area contributed by atoms with Crippen molar-refractivity contribution in [3.05, 3.63) is 45.7 Å². The summed E-state index contributed by atoms with van der Waals surface area (Å²) >= 11 is 3.47. The Bertz CT molecular complexity index is 651. The molecule has 5 nitrogen and oxygen atoms in total. The fourth-order valence-electron chi connectivity index (χ4n) is 2.32. The SMILES string of the molecule is Cc1n[nH]nc1C(=O)N(Cc1cccc(Br)c1)CC1CC1. The summed E-state index contributed by atoms with van der Waals surface area (Å²) in [6.45, 7) is 3.18. The van der Waals surface area contributed by atoms with Crippen LogP contribution in [-0.2, 0) is 6.54 Å². The topological polar surface area (TPSA) is 61.9 Å². The first-order chi connectivity index (χ1) is 10.1. The van der Waals surface area contributed by atoms with Crippen LogP contribution in [0.2, 0.25) is 0 Å². The quantitative estimate of drug-likeness (QED) is 0.903. The number of H-pyrrole nitrogens is 1. The lowest BCUT2D eigenvalue weighted by atomic mass is 10.2. The van der Waals surface area contributed by atoms with Crippen LogP contribution in [-0.4, -0.2) is 32.8 Å². The molecule has 1 N–H and O–H groups in total. The maximum atomic E-state index is 12.7. The molecular weight excluding hydrogens is 332 g/mol. The molecular formula is C15H17BrN4O. The molecule has 1 heterocycles. The lowest BCUT2D eigenvalue weighted by Gasteiger charge is -2.22. The van der Waals surface area contributed by atoms with Gasteiger partial charge in [-0.1, -0.05) is 28.1 Å². The van der Waals surface area contributed by atoms with Gasteiger partial charge in [-0.25, -0.2) is 0 Å². The van der Waals surface area contributed by atoms with Gasteiger partial charge in [-0.15, -0.1) is 0 Å². The minimum absolute atomic E-state index is 0.0480. The molecule has 1 aliphatic rings. The number of carbonyl (C=O) groups is 1. The van der Waals surface area contributed by atoms with Crippen molar-refractivity contribution in [2.45, 2.75) is 26.3 Å². The molecule has 6 heteroatoms. The maximum absolute atomic E-state index is 12.7. The molecule has 0 atom stereocenters. The first kappa shape index (κ1) is 14.3. The van der Waals surface area contributed by atoms with Crippen LogP contribution in [0, 0.1) is 12.8 Å².